The van der Waals surface area contributed by atoms with Crippen LogP contribution in [0, 0.1) is 47.4 Å². The maximum atomic E-state index is 5.37. The highest BCUT2D eigenvalue weighted by molar-refractivity contribution is 6.04. The quantitative estimate of drug-likeness (QED) is 0.198. The van der Waals surface area contributed by atoms with Gasteiger partial charge in [0.1, 0.15) is 23.0 Å². The molecule has 42 heavy (non-hydrogen) atoms. The van der Waals surface area contributed by atoms with Crippen molar-refractivity contribution in [2.24, 2.45) is 0 Å². The van der Waals surface area contributed by atoms with Gasteiger partial charge < -0.3 is 18.9 Å². The number of allylic oxidation sites excluding steroid dienone is 2. The number of methoxy groups -OCH3 is 4. The molecule has 0 N–H and O–H groups in total. The van der Waals surface area contributed by atoms with E-state index in [9.17, 15) is 0 Å². The summed E-state index contributed by atoms with van der Waals surface area (Å²) in [7, 11) is 6.53. The Labute approximate surface area is 247 Å². The molecule has 204 valence electrons. The zero-order valence-corrected chi connectivity index (χ0v) is 23.9. The normalized spacial score (nSPS) is 10.0. The Bertz CT molecular complexity index is 1650. The molecule has 4 aromatic rings. The maximum Gasteiger partial charge on any atom is 0.118 e. The number of benzene rings is 4. The summed E-state index contributed by atoms with van der Waals surface area (Å²) in [5, 5.41) is 0. The third kappa shape index (κ3) is 8.04. The predicted octanol–water partition coefficient (Wildman–Crippen LogP) is 6.74. The lowest BCUT2D eigenvalue weighted by molar-refractivity contribution is 0.414. The van der Waals surface area contributed by atoms with Crippen LogP contribution < -0.4 is 18.9 Å². The van der Waals surface area contributed by atoms with Crippen LogP contribution in [-0.4, -0.2) is 28.4 Å². The summed E-state index contributed by atoms with van der Waals surface area (Å²) in [6.45, 7) is 0. The average molecular weight is 549 g/mol. The Kier molecular flexibility index (Phi) is 10.4. The molecule has 0 radical (unpaired) electrons. The van der Waals surface area contributed by atoms with Crippen LogP contribution in [0.5, 0.6) is 23.0 Å². The van der Waals surface area contributed by atoms with Gasteiger partial charge in [-0.3, -0.25) is 0 Å². The number of hydrogen-bond acceptors (Lipinski definition) is 4. The lowest BCUT2D eigenvalue weighted by Gasteiger charge is -2.09. The van der Waals surface area contributed by atoms with Crippen LogP contribution in [0.25, 0.3) is 11.1 Å². The standard InChI is InChI=1S/C38H28O4/c1-39-33-21-13-29(14-22-33)9-5-7-11-37(31-17-25-35(41-3)26-18-31)38(32-19-27-36(42-4)28-20-32)12-8-6-10-30-15-23-34(40-2)24-16-30/h13-28H,1-4H3/b38-37+. The molecule has 4 rings (SSSR count). The fourth-order valence-corrected chi connectivity index (χ4v) is 3.82. The summed E-state index contributed by atoms with van der Waals surface area (Å²) in [4.78, 5) is 0. The van der Waals surface area contributed by atoms with Crippen LogP contribution in [0.3, 0.4) is 0 Å². The summed E-state index contributed by atoms with van der Waals surface area (Å²) in [6, 6.07) is 30.4. The van der Waals surface area contributed by atoms with Crippen LogP contribution in [0.2, 0.25) is 0 Å². The van der Waals surface area contributed by atoms with Crippen molar-refractivity contribution < 1.29 is 18.9 Å². The Morgan fingerprint density at radius 2 is 0.667 bits per heavy atom. The highest BCUT2D eigenvalue weighted by Crippen LogP contribution is 2.28. The predicted molar refractivity (Wildman–Crippen MR) is 168 cm³/mol. The van der Waals surface area contributed by atoms with Crippen LogP contribution in [0.4, 0.5) is 0 Å². The van der Waals surface area contributed by atoms with E-state index in [-0.39, 0.29) is 0 Å². The Morgan fingerprint density at radius 1 is 0.381 bits per heavy atom. The molecular formula is C38H28O4. The van der Waals surface area contributed by atoms with E-state index in [1.165, 1.54) is 0 Å². The van der Waals surface area contributed by atoms with E-state index in [1.54, 1.807) is 28.4 Å². The highest BCUT2D eigenvalue weighted by atomic mass is 16.5. The van der Waals surface area contributed by atoms with E-state index < -0.39 is 0 Å². The first-order chi connectivity index (χ1) is 20.6. The van der Waals surface area contributed by atoms with Crippen LogP contribution in [0.15, 0.2) is 97.1 Å². The van der Waals surface area contributed by atoms with Crippen LogP contribution in [0.1, 0.15) is 22.3 Å². The molecular weight excluding hydrogens is 520 g/mol. The summed E-state index contributed by atoms with van der Waals surface area (Å²) in [5.41, 5.74) is 4.85. The van der Waals surface area contributed by atoms with Crippen molar-refractivity contribution in [1.82, 2.24) is 0 Å². The third-order valence-corrected chi connectivity index (χ3v) is 6.10. The monoisotopic (exact) mass is 548 g/mol. The molecule has 0 saturated carbocycles. The molecule has 0 spiro atoms. The lowest BCUT2D eigenvalue weighted by atomic mass is 9.95. The van der Waals surface area contributed by atoms with Crippen molar-refractivity contribution in [2.75, 3.05) is 28.4 Å². The molecule has 0 unspecified atom stereocenters. The van der Waals surface area contributed by atoms with Crippen molar-refractivity contribution in [2.45, 2.75) is 0 Å². The van der Waals surface area contributed by atoms with Gasteiger partial charge >= 0.3 is 0 Å². The minimum absolute atomic E-state index is 0.714. The van der Waals surface area contributed by atoms with Crippen LogP contribution in [-0.2, 0) is 0 Å². The molecule has 0 amide bonds. The molecule has 0 aliphatic heterocycles. The minimum Gasteiger partial charge on any atom is -0.497 e. The zero-order chi connectivity index (χ0) is 29.6. The maximum absolute atomic E-state index is 5.37. The molecule has 4 aromatic carbocycles. The van der Waals surface area contributed by atoms with Gasteiger partial charge in [-0.1, -0.05) is 47.9 Å². The summed E-state index contributed by atoms with van der Waals surface area (Å²) < 4.78 is 21.2. The van der Waals surface area contributed by atoms with Gasteiger partial charge in [-0.15, -0.1) is 0 Å². The van der Waals surface area contributed by atoms with Gasteiger partial charge in [-0.05, 0) is 108 Å². The second-order valence-electron chi connectivity index (χ2n) is 8.66. The third-order valence-electron chi connectivity index (χ3n) is 6.10. The van der Waals surface area contributed by atoms with Gasteiger partial charge in [0.25, 0.3) is 0 Å². The molecule has 0 heterocycles. The van der Waals surface area contributed by atoms with E-state index >= 15 is 0 Å². The van der Waals surface area contributed by atoms with E-state index in [0.29, 0.717) is 11.1 Å². The van der Waals surface area contributed by atoms with Crippen molar-refractivity contribution in [1.29, 1.82) is 0 Å². The summed E-state index contributed by atoms with van der Waals surface area (Å²) in [6.07, 6.45) is 0. The van der Waals surface area contributed by atoms with Crippen molar-refractivity contribution in [3.05, 3.63) is 119 Å². The van der Waals surface area contributed by atoms with Crippen LogP contribution >= 0.6 is 0 Å². The number of ether oxygens (including phenoxy) is 4. The SMILES string of the molecule is COc1ccc(C#CC#C/C(=C(/C#CC#Cc2ccc(OC)cc2)c2ccc(OC)cc2)c2ccc(OC)cc2)cc1. The molecule has 0 aromatic heterocycles. The second-order valence-corrected chi connectivity index (χ2v) is 8.66. The average Bonchev–Trinajstić information content (AvgIpc) is 3.06. The fourth-order valence-electron chi connectivity index (χ4n) is 3.82. The van der Waals surface area contributed by atoms with Crippen molar-refractivity contribution in [3.8, 4) is 70.4 Å². The molecule has 0 bridgehead atoms. The first-order valence-electron chi connectivity index (χ1n) is 13.0. The van der Waals surface area contributed by atoms with E-state index in [2.05, 4.69) is 47.4 Å². The lowest BCUT2D eigenvalue weighted by Crippen LogP contribution is -1.92. The number of hydrogen-bond donors (Lipinski definition) is 0. The first kappa shape index (κ1) is 29.1. The molecule has 0 fully saturated rings. The van der Waals surface area contributed by atoms with E-state index in [1.807, 2.05) is 97.1 Å². The zero-order valence-electron chi connectivity index (χ0n) is 23.9. The fraction of sp³-hybridized carbons (Fsp3) is 0.105. The van der Waals surface area contributed by atoms with Gasteiger partial charge in [-0.2, -0.15) is 0 Å². The topological polar surface area (TPSA) is 36.9 Å². The first-order valence-corrected chi connectivity index (χ1v) is 13.0. The molecule has 4 nitrogen and oxygen atoms in total. The molecule has 0 aliphatic rings. The summed E-state index contributed by atoms with van der Waals surface area (Å²) >= 11 is 0. The molecule has 0 aliphatic carbocycles. The van der Waals surface area contributed by atoms with Crippen molar-refractivity contribution in [3.63, 3.8) is 0 Å². The smallest absolute Gasteiger partial charge is 0.118 e. The van der Waals surface area contributed by atoms with Gasteiger partial charge in [0.05, 0.1) is 28.4 Å². The van der Waals surface area contributed by atoms with Gasteiger partial charge in [0.2, 0.25) is 0 Å². The molecule has 0 atom stereocenters. The summed E-state index contributed by atoms with van der Waals surface area (Å²) in [5.74, 6) is 27.7. The number of rotatable bonds is 6. The van der Waals surface area contributed by atoms with Crippen molar-refractivity contribution >= 4 is 11.1 Å². The second kappa shape index (κ2) is 15.0. The molecule has 0 saturated heterocycles. The molecule has 4 heteroatoms. The van der Waals surface area contributed by atoms with E-state index in [4.69, 9.17) is 18.9 Å². The Balaban J connectivity index is 1.82. The highest BCUT2D eigenvalue weighted by Gasteiger charge is 2.10. The van der Waals surface area contributed by atoms with Gasteiger partial charge in [0.15, 0.2) is 0 Å². The van der Waals surface area contributed by atoms with Gasteiger partial charge in [-0.25, -0.2) is 0 Å². The van der Waals surface area contributed by atoms with Gasteiger partial charge in [0, 0.05) is 22.3 Å². The minimum atomic E-state index is 0.714. The Morgan fingerprint density at radius 3 is 0.952 bits per heavy atom. The Hall–Kier alpha value is -5.94. The largest absolute Gasteiger partial charge is 0.497 e. The van der Waals surface area contributed by atoms with E-state index in [0.717, 1.165) is 45.3 Å².